The van der Waals surface area contributed by atoms with Crippen LogP contribution in [0.25, 0.3) is 6.08 Å². The summed E-state index contributed by atoms with van der Waals surface area (Å²) in [6.07, 6.45) is 4.69. The van der Waals surface area contributed by atoms with Gasteiger partial charge in [-0.2, -0.15) is 4.31 Å². The number of sulfonamides is 1. The van der Waals surface area contributed by atoms with Crippen molar-refractivity contribution >= 4 is 33.7 Å². The smallest absolute Gasteiger partial charge is 0.330 e. The zero-order valence-electron chi connectivity index (χ0n) is 15.7. The van der Waals surface area contributed by atoms with Gasteiger partial charge in [-0.1, -0.05) is 19.1 Å². The van der Waals surface area contributed by atoms with Gasteiger partial charge in [0.25, 0.3) is 0 Å². The predicted octanol–water partition coefficient (Wildman–Crippen LogP) is 2.41. The summed E-state index contributed by atoms with van der Waals surface area (Å²) >= 11 is 0. The van der Waals surface area contributed by atoms with Gasteiger partial charge in [-0.3, -0.25) is 4.79 Å². The van der Waals surface area contributed by atoms with E-state index < -0.39 is 22.0 Å². The zero-order chi connectivity index (χ0) is 19.9. The number of rotatable bonds is 8. The van der Waals surface area contributed by atoms with E-state index in [0.717, 1.165) is 5.56 Å². The Morgan fingerprint density at radius 1 is 1.26 bits per heavy atom. The molecule has 0 saturated carbocycles. The van der Waals surface area contributed by atoms with Crippen LogP contribution in [0.2, 0.25) is 0 Å². The Bertz CT molecular complexity index is 787. The van der Waals surface area contributed by atoms with E-state index in [1.165, 1.54) is 10.4 Å². The van der Waals surface area contributed by atoms with E-state index in [2.05, 4.69) is 5.32 Å². The number of anilines is 1. The van der Waals surface area contributed by atoms with Gasteiger partial charge >= 0.3 is 5.97 Å². The summed E-state index contributed by atoms with van der Waals surface area (Å²) in [5.41, 5.74) is 1.36. The minimum absolute atomic E-state index is 0.0538. The summed E-state index contributed by atoms with van der Waals surface area (Å²) in [5.74, 6) is -0.676. The van der Waals surface area contributed by atoms with Gasteiger partial charge in [0, 0.05) is 18.3 Å². The molecule has 1 fully saturated rings. The lowest BCUT2D eigenvalue weighted by Crippen LogP contribution is -2.44. The lowest BCUT2D eigenvalue weighted by molar-refractivity contribution is -0.137. The van der Waals surface area contributed by atoms with Crippen LogP contribution in [0.1, 0.15) is 38.7 Å². The van der Waals surface area contributed by atoms with Crippen molar-refractivity contribution in [1.82, 2.24) is 4.31 Å². The van der Waals surface area contributed by atoms with Crippen molar-refractivity contribution in [2.45, 2.75) is 39.2 Å². The Kier molecular flexibility index (Phi) is 7.55. The molecule has 1 aliphatic rings. The summed E-state index contributed by atoms with van der Waals surface area (Å²) in [6.45, 7) is 4.25. The van der Waals surface area contributed by atoms with Crippen LogP contribution in [-0.2, 0) is 24.3 Å². The van der Waals surface area contributed by atoms with Gasteiger partial charge in [0.2, 0.25) is 15.9 Å². The van der Waals surface area contributed by atoms with Gasteiger partial charge in [-0.15, -0.1) is 0 Å². The highest BCUT2D eigenvalue weighted by Crippen LogP contribution is 2.23. The van der Waals surface area contributed by atoms with Crippen molar-refractivity contribution in [3.63, 3.8) is 0 Å². The molecule has 0 aliphatic carbocycles. The lowest BCUT2D eigenvalue weighted by atomic mass is 10.1. The van der Waals surface area contributed by atoms with Crippen LogP contribution >= 0.6 is 0 Å². The Hall–Kier alpha value is -2.19. The number of benzene rings is 1. The molecular weight excluding hydrogens is 368 g/mol. The van der Waals surface area contributed by atoms with E-state index in [1.54, 1.807) is 44.2 Å². The van der Waals surface area contributed by atoms with Gasteiger partial charge in [0.05, 0.1) is 12.4 Å². The molecule has 27 heavy (non-hydrogen) atoms. The van der Waals surface area contributed by atoms with Crippen LogP contribution in [0.4, 0.5) is 5.69 Å². The summed E-state index contributed by atoms with van der Waals surface area (Å²) < 4.78 is 30.8. The first-order chi connectivity index (χ1) is 12.9. The van der Waals surface area contributed by atoms with E-state index in [9.17, 15) is 18.0 Å². The van der Waals surface area contributed by atoms with Crippen LogP contribution in [0.3, 0.4) is 0 Å². The second kappa shape index (κ2) is 9.66. The lowest BCUT2D eigenvalue weighted by Gasteiger charge is -2.23. The fourth-order valence-electron chi connectivity index (χ4n) is 2.97. The maximum absolute atomic E-state index is 12.6. The fraction of sp³-hybridized carbons (Fsp3) is 0.474. The van der Waals surface area contributed by atoms with Gasteiger partial charge in [-0.05, 0) is 50.0 Å². The molecule has 1 aromatic carbocycles. The van der Waals surface area contributed by atoms with Gasteiger partial charge in [0.1, 0.15) is 6.04 Å². The summed E-state index contributed by atoms with van der Waals surface area (Å²) in [4.78, 5) is 23.9. The van der Waals surface area contributed by atoms with Crippen molar-refractivity contribution in [1.29, 1.82) is 0 Å². The van der Waals surface area contributed by atoms with E-state index in [0.29, 0.717) is 38.1 Å². The van der Waals surface area contributed by atoms with Crippen molar-refractivity contribution in [3.05, 3.63) is 35.9 Å². The van der Waals surface area contributed by atoms with Gasteiger partial charge in [-0.25, -0.2) is 13.2 Å². The van der Waals surface area contributed by atoms with Crippen LogP contribution in [0, 0.1) is 0 Å². The molecule has 1 heterocycles. The number of carbonyl (C=O) groups is 2. The molecule has 1 N–H and O–H groups in total. The molecule has 0 spiro atoms. The van der Waals surface area contributed by atoms with Crippen LogP contribution in [0.15, 0.2) is 30.3 Å². The van der Waals surface area contributed by atoms with Crippen molar-refractivity contribution in [2.24, 2.45) is 0 Å². The largest absolute Gasteiger partial charge is 0.463 e. The summed E-state index contributed by atoms with van der Waals surface area (Å²) in [5, 5.41) is 2.78. The molecule has 1 saturated heterocycles. The topological polar surface area (TPSA) is 92.8 Å². The second-order valence-corrected chi connectivity index (χ2v) is 8.32. The summed E-state index contributed by atoms with van der Waals surface area (Å²) in [7, 11) is -3.40. The Balaban J connectivity index is 2.00. The van der Waals surface area contributed by atoms with Crippen LogP contribution < -0.4 is 5.32 Å². The summed E-state index contributed by atoms with van der Waals surface area (Å²) in [6, 6.07) is 6.27. The molecule has 0 radical (unpaired) electrons. The Morgan fingerprint density at radius 2 is 1.96 bits per heavy atom. The molecular formula is C19H26N2O5S. The number of esters is 1. The number of nitrogens with one attached hydrogen (secondary N) is 1. The van der Waals surface area contributed by atoms with E-state index in [-0.39, 0.29) is 11.7 Å². The van der Waals surface area contributed by atoms with Gasteiger partial charge < -0.3 is 10.1 Å². The molecule has 1 aromatic rings. The fourth-order valence-corrected chi connectivity index (χ4v) is 4.71. The van der Waals surface area contributed by atoms with Crippen molar-refractivity contribution in [3.8, 4) is 0 Å². The third-order valence-electron chi connectivity index (χ3n) is 4.20. The number of ether oxygens (including phenoxy) is 1. The van der Waals surface area contributed by atoms with Crippen LogP contribution in [0.5, 0.6) is 0 Å². The van der Waals surface area contributed by atoms with E-state index in [1.807, 2.05) is 0 Å². The van der Waals surface area contributed by atoms with E-state index in [4.69, 9.17) is 4.74 Å². The molecule has 148 valence electrons. The normalized spacial score (nSPS) is 17.9. The van der Waals surface area contributed by atoms with Crippen molar-refractivity contribution in [2.75, 3.05) is 24.2 Å². The number of amides is 1. The first-order valence-corrected chi connectivity index (χ1v) is 10.7. The SMILES string of the molecule is CCCS(=O)(=O)N1CCCC1C(=O)Nc1ccc(C=CC(=O)OCC)cc1. The molecule has 1 unspecified atom stereocenters. The number of hydrogen-bond acceptors (Lipinski definition) is 5. The third-order valence-corrected chi connectivity index (χ3v) is 6.28. The Morgan fingerprint density at radius 3 is 2.59 bits per heavy atom. The zero-order valence-corrected chi connectivity index (χ0v) is 16.5. The predicted molar refractivity (Wildman–Crippen MR) is 105 cm³/mol. The van der Waals surface area contributed by atoms with Crippen LogP contribution in [-0.4, -0.2) is 49.5 Å². The van der Waals surface area contributed by atoms with Crippen molar-refractivity contribution < 1.29 is 22.7 Å². The quantitative estimate of drug-likeness (QED) is 0.540. The Labute approximate surface area is 160 Å². The maximum Gasteiger partial charge on any atom is 0.330 e. The minimum atomic E-state index is -3.40. The highest BCUT2D eigenvalue weighted by molar-refractivity contribution is 7.89. The molecule has 7 nitrogen and oxygen atoms in total. The molecule has 1 aliphatic heterocycles. The minimum Gasteiger partial charge on any atom is -0.463 e. The first-order valence-electron chi connectivity index (χ1n) is 9.12. The average Bonchev–Trinajstić information content (AvgIpc) is 3.12. The number of hydrogen-bond donors (Lipinski definition) is 1. The van der Waals surface area contributed by atoms with Gasteiger partial charge in [0.15, 0.2) is 0 Å². The standard InChI is InChI=1S/C19H26N2O5S/c1-3-14-27(24,25)21-13-5-6-17(21)19(23)20-16-10-7-15(8-11-16)9-12-18(22)26-4-2/h7-12,17H,3-6,13-14H2,1-2H3,(H,20,23). The molecule has 1 atom stereocenters. The monoisotopic (exact) mass is 394 g/mol. The molecule has 1 amide bonds. The molecule has 2 rings (SSSR count). The first kappa shape index (κ1) is 21.1. The third kappa shape index (κ3) is 5.90. The molecule has 8 heteroatoms. The highest BCUT2D eigenvalue weighted by Gasteiger charge is 2.37. The molecule has 0 bridgehead atoms. The second-order valence-electron chi connectivity index (χ2n) is 6.28. The number of carbonyl (C=O) groups excluding carboxylic acids is 2. The van der Waals surface area contributed by atoms with E-state index >= 15 is 0 Å². The molecule has 0 aromatic heterocycles. The maximum atomic E-state index is 12.6. The average molecular weight is 394 g/mol. The number of nitrogens with zero attached hydrogens (tertiary/aromatic N) is 1. The highest BCUT2D eigenvalue weighted by atomic mass is 32.2.